The molecule has 3 heterocycles. The summed E-state index contributed by atoms with van der Waals surface area (Å²) in [6, 6.07) is 8.76. The quantitative estimate of drug-likeness (QED) is 0.429. The molecule has 0 bridgehead atoms. The van der Waals surface area contributed by atoms with Crippen LogP contribution in [-0.2, 0) is 11.3 Å². The highest BCUT2D eigenvalue weighted by atomic mass is 16.2. The predicted octanol–water partition coefficient (Wildman–Crippen LogP) is 1.77. The Hall–Kier alpha value is -2.54. The molecule has 2 fully saturated rings. The molecule has 0 saturated carbocycles. The Labute approximate surface area is 186 Å². The molecule has 0 spiro atoms. The maximum Gasteiger partial charge on any atom is 0.236 e. The van der Waals surface area contributed by atoms with Crippen LogP contribution in [0, 0.1) is 0 Å². The molecule has 1 N–H and O–H groups in total. The van der Waals surface area contributed by atoms with Gasteiger partial charge in [-0.2, -0.15) is 0 Å². The van der Waals surface area contributed by atoms with Crippen molar-refractivity contribution in [2.75, 3.05) is 70.3 Å². The molecule has 1 aromatic rings. The number of carbonyl (C=O) groups is 1. The number of hydrogen-bond acceptors (Lipinski definition) is 4. The first-order valence-electron chi connectivity index (χ1n) is 11.7. The molecular weight excluding hydrogens is 388 g/mol. The van der Waals surface area contributed by atoms with E-state index in [2.05, 4.69) is 63.4 Å². The number of guanidine groups is 1. The van der Waals surface area contributed by atoms with Gasteiger partial charge >= 0.3 is 0 Å². The molecule has 2 saturated heterocycles. The van der Waals surface area contributed by atoms with Crippen LogP contribution in [-0.4, -0.2) is 92.0 Å². The van der Waals surface area contributed by atoms with Crippen LogP contribution in [0.3, 0.4) is 0 Å². The van der Waals surface area contributed by atoms with Gasteiger partial charge in [-0.1, -0.05) is 24.3 Å². The first-order valence-corrected chi connectivity index (χ1v) is 11.7. The van der Waals surface area contributed by atoms with Crippen LogP contribution < -0.4 is 10.2 Å². The molecule has 0 unspecified atom stereocenters. The molecule has 0 radical (unpaired) electrons. The second-order valence-corrected chi connectivity index (χ2v) is 8.56. The molecule has 0 aliphatic carbocycles. The van der Waals surface area contributed by atoms with Crippen molar-refractivity contribution in [3.8, 4) is 0 Å². The summed E-state index contributed by atoms with van der Waals surface area (Å²) in [7, 11) is 0. The zero-order valence-corrected chi connectivity index (χ0v) is 18.8. The van der Waals surface area contributed by atoms with E-state index in [1.165, 1.54) is 11.3 Å². The fraction of sp³-hybridized carbons (Fsp3) is 0.583. The third-order valence-electron chi connectivity index (χ3n) is 6.36. The lowest BCUT2D eigenvalue weighted by molar-refractivity contribution is -0.131. The fourth-order valence-electron chi connectivity index (χ4n) is 4.47. The number of aliphatic imine (C=N–C) groups is 1. The van der Waals surface area contributed by atoms with Crippen LogP contribution in [0.15, 0.2) is 41.4 Å². The monoisotopic (exact) mass is 424 g/mol. The van der Waals surface area contributed by atoms with E-state index >= 15 is 0 Å². The minimum atomic E-state index is 0.291. The van der Waals surface area contributed by atoms with Crippen LogP contribution >= 0.6 is 0 Å². The van der Waals surface area contributed by atoms with E-state index in [0.717, 1.165) is 77.7 Å². The fourth-order valence-corrected chi connectivity index (χ4v) is 4.47. The lowest BCUT2D eigenvalue weighted by atomic mass is 10.2. The SMILES string of the molecule is CCNC(=NCc1ccc(N2CC=CC2)cc1)N1CCN(CC(=O)N2CCCC2)CC1. The van der Waals surface area contributed by atoms with Gasteiger partial charge in [0.05, 0.1) is 13.1 Å². The Bertz CT molecular complexity index is 768. The van der Waals surface area contributed by atoms with Gasteiger partial charge in [-0.15, -0.1) is 0 Å². The third kappa shape index (κ3) is 5.79. The highest BCUT2D eigenvalue weighted by molar-refractivity contribution is 5.80. The summed E-state index contributed by atoms with van der Waals surface area (Å²) >= 11 is 0. The highest BCUT2D eigenvalue weighted by Crippen LogP contribution is 2.18. The standard InChI is InChI=1S/C24H36N6O/c1-2-25-24(26-19-21-7-9-22(10-8-21)28-11-3-4-12-28)30-17-15-27(16-18-30)20-23(31)29-13-5-6-14-29/h3-4,7-10H,2,5-6,11-20H2,1H3,(H,25,26). The maximum absolute atomic E-state index is 12.4. The van der Waals surface area contributed by atoms with E-state index in [-0.39, 0.29) is 0 Å². The van der Waals surface area contributed by atoms with Crippen LogP contribution in [0.4, 0.5) is 5.69 Å². The Morgan fingerprint density at radius 1 is 0.935 bits per heavy atom. The van der Waals surface area contributed by atoms with Gasteiger partial charge in [-0.3, -0.25) is 9.69 Å². The number of hydrogen-bond donors (Lipinski definition) is 1. The molecule has 168 valence electrons. The summed E-state index contributed by atoms with van der Waals surface area (Å²) in [6.07, 6.45) is 6.73. The number of nitrogens with zero attached hydrogens (tertiary/aromatic N) is 5. The number of piperazine rings is 1. The van der Waals surface area contributed by atoms with E-state index in [1.54, 1.807) is 0 Å². The third-order valence-corrected chi connectivity index (χ3v) is 6.36. The molecule has 1 amide bonds. The largest absolute Gasteiger partial charge is 0.364 e. The van der Waals surface area contributed by atoms with Gasteiger partial charge < -0.3 is 20.0 Å². The number of carbonyl (C=O) groups excluding carboxylic acids is 1. The van der Waals surface area contributed by atoms with Gasteiger partial charge in [-0.25, -0.2) is 4.99 Å². The van der Waals surface area contributed by atoms with Gasteiger partial charge in [-0.05, 0) is 37.5 Å². The number of benzene rings is 1. The molecule has 0 aromatic heterocycles. The molecule has 3 aliphatic rings. The van der Waals surface area contributed by atoms with E-state index in [4.69, 9.17) is 4.99 Å². The zero-order chi connectivity index (χ0) is 21.5. The summed E-state index contributed by atoms with van der Waals surface area (Å²) in [6.45, 7) is 11.7. The van der Waals surface area contributed by atoms with Crippen molar-refractivity contribution < 1.29 is 4.79 Å². The Balaban J connectivity index is 1.28. The van der Waals surface area contributed by atoms with E-state index in [0.29, 0.717) is 19.0 Å². The van der Waals surface area contributed by atoms with Crippen molar-refractivity contribution in [1.29, 1.82) is 0 Å². The summed E-state index contributed by atoms with van der Waals surface area (Å²) in [4.78, 5) is 26.3. The molecule has 3 aliphatic heterocycles. The number of amides is 1. The van der Waals surface area contributed by atoms with Crippen LogP contribution in [0.5, 0.6) is 0 Å². The second-order valence-electron chi connectivity index (χ2n) is 8.56. The first-order chi connectivity index (χ1) is 15.2. The first kappa shape index (κ1) is 21.7. The van der Waals surface area contributed by atoms with Crippen molar-refractivity contribution >= 4 is 17.6 Å². The number of anilines is 1. The van der Waals surface area contributed by atoms with Crippen molar-refractivity contribution in [1.82, 2.24) is 20.0 Å². The van der Waals surface area contributed by atoms with Gasteiger partial charge in [0.1, 0.15) is 0 Å². The number of likely N-dealkylation sites (tertiary alicyclic amines) is 1. The summed E-state index contributed by atoms with van der Waals surface area (Å²) < 4.78 is 0. The minimum absolute atomic E-state index is 0.291. The van der Waals surface area contributed by atoms with Crippen LogP contribution in [0.2, 0.25) is 0 Å². The second kappa shape index (κ2) is 10.7. The average Bonchev–Trinajstić information content (AvgIpc) is 3.52. The zero-order valence-electron chi connectivity index (χ0n) is 18.8. The molecule has 1 aromatic carbocycles. The molecule has 7 heteroatoms. The molecule has 4 rings (SSSR count). The lowest BCUT2D eigenvalue weighted by Gasteiger charge is -2.36. The van der Waals surface area contributed by atoms with Crippen molar-refractivity contribution in [3.05, 3.63) is 42.0 Å². The molecule has 0 atom stereocenters. The van der Waals surface area contributed by atoms with Crippen LogP contribution in [0.25, 0.3) is 0 Å². The maximum atomic E-state index is 12.4. The van der Waals surface area contributed by atoms with E-state index < -0.39 is 0 Å². The number of nitrogens with one attached hydrogen (secondary N) is 1. The summed E-state index contributed by atoms with van der Waals surface area (Å²) in [5.74, 6) is 1.26. The topological polar surface area (TPSA) is 54.4 Å². The highest BCUT2D eigenvalue weighted by Gasteiger charge is 2.24. The Kier molecular flexibility index (Phi) is 7.46. The van der Waals surface area contributed by atoms with E-state index in [9.17, 15) is 4.79 Å². The van der Waals surface area contributed by atoms with Crippen molar-refractivity contribution in [2.45, 2.75) is 26.3 Å². The molecule has 7 nitrogen and oxygen atoms in total. The minimum Gasteiger partial charge on any atom is -0.364 e. The Morgan fingerprint density at radius 2 is 1.61 bits per heavy atom. The summed E-state index contributed by atoms with van der Waals surface area (Å²) in [5, 5.41) is 3.44. The normalized spacial score (nSPS) is 20.0. The van der Waals surface area contributed by atoms with Crippen molar-refractivity contribution in [3.63, 3.8) is 0 Å². The van der Waals surface area contributed by atoms with Crippen molar-refractivity contribution in [2.24, 2.45) is 4.99 Å². The van der Waals surface area contributed by atoms with Gasteiger partial charge in [0.25, 0.3) is 0 Å². The smallest absolute Gasteiger partial charge is 0.236 e. The van der Waals surface area contributed by atoms with Crippen LogP contribution in [0.1, 0.15) is 25.3 Å². The summed E-state index contributed by atoms with van der Waals surface area (Å²) in [5.41, 5.74) is 2.49. The van der Waals surface area contributed by atoms with Gasteiger partial charge in [0.15, 0.2) is 5.96 Å². The number of rotatable bonds is 6. The predicted molar refractivity (Wildman–Crippen MR) is 126 cm³/mol. The molecule has 31 heavy (non-hydrogen) atoms. The molecular formula is C24H36N6O. The average molecular weight is 425 g/mol. The Morgan fingerprint density at radius 3 is 2.26 bits per heavy atom. The van der Waals surface area contributed by atoms with Gasteiger partial charge in [0.2, 0.25) is 5.91 Å². The lowest BCUT2D eigenvalue weighted by Crippen LogP contribution is -2.54. The van der Waals surface area contributed by atoms with Gasteiger partial charge in [0, 0.05) is 64.6 Å². The van der Waals surface area contributed by atoms with E-state index in [1.807, 2.05) is 4.90 Å².